The first-order valence-electron chi connectivity index (χ1n) is 5.22. The summed E-state index contributed by atoms with van der Waals surface area (Å²) in [5.74, 6) is 0.758. The van der Waals surface area contributed by atoms with Crippen molar-refractivity contribution in [2.24, 2.45) is 0 Å². The minimum absolute atomic E-state index is 0.685. The smallest absolute Gasteiger partial charge is 0.213 e. The van der Waals surface area contributed by atoms with E-state index in [1.54, 1.807) is 0 Å². The van der Waals surface area contributed by atoms with Crippen LogP contribution >= 0.6 is 0 Å². The zero-order chi connectivity index (χ0) is 9.80. The molecule has 0 bridgehead atoms. The fourth-order valence-electron chi connectivity index (χ4n) is 1.74. The molecular formula is C11H16N2O. The Hall–Kier alpha value is -1.09. The van der Waals surface area contributed by atoms with Gasteiger partial charge in [-0.3, -0.25) is 0 Å². The molecule has 1 aromatic heterocycles. The quantitative estimate of drug-likeness (QED) is 0.763. The lowest BCUT2D eigenvalue weighted by atomic mass is 10.1. The van der Waals surface area contributed by atoms with Gasteiger partial charge in [-0.2, -0.15) is 0 Å². The van der Waals surface area contributed by atoms with E-state index in [9.17, 15) is 0 Å². The molecule has 0 saturated heterocycles. The third-order valence-corrected chi connectivity index (χ3v) is 2.44. The summed E-state index contributed by atoms with van der Waals surface area (Å²) in [6, 6.07) is 4.11. The molecular weight excluding hydrogens is 176 g/mol. The number of fused-ring (bicyclic) bond motifs is 1. The van der Waals surface area contributed by atoms with Crippen LogP contribution in [-0.2, 0) is 12.8 Å². The van der Waals surface area contributed by atoms with Crippen molar-refractivity contribution in [1.29, 1.82) is 0 Å². The van der Waals surface area contributed by atoms with Gasteiger partial charge in [0, 0.05) is 24.7 Å². The Labute approximate surface area is 84.5 Å². The SMILES string of the molecule is CCOc1ccc2c(n1)CCNCC2. The Morgan fingerprint density at radius 3 is 3.07 bits per heavy atom. The van der Waals surface area contributed by atoms with Gasteiger partial charge < -0.3 is 10.1 Å². The molecule has 1 aromatic rings. The summed E-state index contributed by atoms with van der Waals surface area (Å²) in [6.07, 6.45) is 2.09. The van der Waals surface area contributed by atoms with Gasteiger partial charge in [-0.25, -0.2) is 4.98 Å². The van der Waals surface area contributed by atoms with E-state index < -0.39 is 0 Å². The van der Waals surface area contributed by atoms with Crippen LogP contribution in [0.2, 0.25) is 0 Å². The largest absolute Gasteiger partial charge is 0.478 e. The average molecular weight is 192 g/mol. The molecule has 0 spiro atoms. The topological polar surface area (TPSA) is 34.1 Å². The second-order valence-electron chi connectivity index (χ2n) is 3.44. The van der Waals surface area contributed by atoms with Gasteiger partial charge >= 0.3 is 0 Å². The van der Waals surface area contributed by atoms with E-state index in [0.717, 1.165) is 31.8 Å². The van der Waals surface area contributed by atoms with Crippen LogP contribution in [0.3, 0.4) is 0 Å². The van der Waals surface area contributed by atoms with Crippen molar-refractivity contribution in [2.75, 3.05) is 19.7 Å². The number of nitrogens with one attached hydrogen (secondary N) is 1. The highest BCUT2D eigenvalue weighted by atomic mass is 16.5. The molecule has 0 amide bonds. The van der Waals surface area contributed by atoms with Gasteiger partial charge in [0.1, 0.15) is 0 Å². The molecule has 3 nitrogen and oxygen atoms in total. The maximum atomic E-state index is 5.38. The number of ether oxygens (including phenoxy) is 1. The van der Waals surface area contributed by atoms with Crippen molar-refractivity contribution in [1.82, 2.24) is 10.3 Å². The van der Waals surface area contributed by atoms with E-state index in [0.29, 0.717) is 6.61 Å². The van der Waals surface area contributed by atoms with Gasteiger partial charge in [0.25, 0.3) is 0 Å². The molecule has 0 saturated carbocycles. The minimum atomic E-state index is 0.685. The first-order chi connectivity index (χ1) is 6.90. The van der Waals surface area contributed by atoms with Gasteiger partial charge in [-0.15, -0.1) is 0 Å². The summed E-state index contributed by atoms with van der Waals surface area (Å²) in [5.41, 5.74) is 2.56. The molecule has 1 N–H and O–H groups in total. The molecule has 0 radical (unpaired) electrons. The van der Waals surface area contributed by atoms with Gasteiger partial charge in [0.05, 0.1) is 6.61 Å². The lowest BCUT2D eigenvalue weighted by molar-refractivity contribution is 0.325. The van der Waals surface area contributed by atoms with E-state index in [4.69, 9.17) is 4.74 Å². The summed E-state index contributed by atoms with van der Waals surface area (Å²) >= 11 is 0. The van der Waals surface area contributed by atoms with Crippen LogP contribution < -0.4 is 10.1 Å². The Bertz CT molecular complexity index is 312. The fourth-order valence-corrected chi connectivity index (χ4v) is 1.74. The highest BCUT2D eigenvalue weighted by molar-refractivity contribution is 5.27. The molecule has 2 rings (SSSR count). The van der Waals surface area contributed by atoms with Crippen LogP contribution in [0.5, 0.6) is 5.88 Å². The summed E-state index contributed by atoms with van der Waals surface area (Å²) in [5, 5.41) is 3.36. The first-order valence-corrected chi connectivity index (χ1v) is 5.22. The number of hydrogen-bond acceptors (Lipinski definition) is 3. The molecule has 2 heterocycles. The molecule has 0 aliphatic carbocycles. The maximum absolute atomic E-state index is 5.38. The lowest BCUT2D eigenvalue weighted by Gasteiger charge is -2.07. The molecule has 0 atom stereocenters. The Kier molecular flexibility index (Phi) is 2.99. The van der Waals surface area contributed by atoms with E-state index in [2.05, 4.69) is 16.4 Å². The van der Waals surface area contributed by atoms with Crippen molar-refractivity contribution >= 4 is 0 Å². The molecule has 1 aliphatic heterocycles. The van der Waals surface area contributed by atoms with Crippen molar-refractivity contribution < 1.29 is 4.74 Å². The number of hydrogen-bond donors (Lipinski definition) is 1. The van der Waals surface area contributed by atoms with Crippen molar-refractivity contribution in [3.8, 4) is 5.88 Å². The van der Waals surface area contributed by atoms with Crippen LogP contribution in [0.4, 0.5) is 0 Å². The van der Waals surface area contributed by atoms with E-state index in [1.165, 1.54) is 11.3 Å². The van der Waals surface area contributed by atoms with Crippen molar-refractivity contribution in [3.05, 3.63) is 23.4 Å². The van der Waals surface area contributed by atoms with E-state index in [1.807, 2.05) is 13.0 Å². The Morgan fingerprint density at radius 1 is 1.36 bits per heavy atom. The highest BCUT2D eigenvalue weighted by Crippen LogP contribution is 2.15. The predicted molar refractivity (Wildman–Crippen MR) is 55.7 cm³/mol. The van der Waals surface area contributed by atoms with Gasteiger partial charge in [0.2, 0.25) is 5.88 Å². The number of pyridine rings is 1. The monoisotopic (exact) mass is 192 g/mol. The molecule has 76 valence electrons. The predicted octanol–water partition coefficient (Wildman–Crippen LogP) is 1.17. The normalized spacial score (nSPS) is 15.8. The van der Waals surface area contributed by atoms with Crippen LogP contribution in [0, 0.1) is 0 Å². The number of nitrogens with zero attached hydrogens (tertiary/aromatic N) is 1. The lowest BCUT2D eigenvalue weighted by Crippen LogP contribution is -2.16. The summed E-state index contributed by atoms with van der Waals surface area (Å²) < 4.78 is 5.38. The maximum Gasteiger partial charge on any atom is 0.213 e. The second-order valence-corrected chi connectivity index (χ2v) is 3.44. The summed E-state index contributed by atoms with van der Waals surface area (Å²) in [7, 11) is 0. The fraction of sp³-hybridized carbons (Fsp3) is 0.545. The summed E-state index contributed by atoms with van der Waals surface area (Å²) in [6.45, 7) is 4.75. The third kappa shape index (κ3) is 2.04. The minimum Gasteiger partial charge on any atom is -0.478 e. The zero-order valence-corrected chi connectivity index (χ0v) is 8.55. The van der Waals surface area contributed by atoms with Crippen molar-refractivity contribution in [2.45, 2.75) is 19.8 Å². The molecule has 14 heavy (non-hydrogen) atoms. The molecule has 0 unspecified atom stereocenters. The van der Waals surface area contributed by atoms with E-state index in [-0.39, 0.29) is 0 Å². The standard InChI is InChI=1S/C11H16N2O/c1-2-14-11-4-3-9-5-7-12-8-6-10(9)13-11/h3-4,12H,2,5-8H2,1H3. The Morgan fingerprint density at radius 2 is 2.21 bits per heavy atom. The van der Waals surface area contributed by atoms with Crippen LogP contribution in [0.1, 0.15) is 18.2 Å². The van der Waals surface area contributed by atoms with Crippen molar-refractivity contribution in [3.63, 3.8) is 0 Å². The third-order valence-electron chi connectivity index (χ3n) is 2.44. The van der Waals surface area contributed by atoms with Crippen LogP contribution in [0.25, 0.3) is 0 Å². The first kappa shape index (κ1) is 9.46. The van der Waals surface area contributed by atoms with Gasteiger partial charge in [-0.1, -0.05) is 6.07 Å². The van der Waals surface area contributed by atoms with E-state index >= 15 is 0 Å². The second kappa shape index (κ2) is 4.42. The highest BCUT2D eigenvalue weighted by Gasteiger charge is 2.09. The zero-order valence-electron chi connectivity index (χ0n) is 8.55. The molecule has 0 fully saturated rings. The van der Waals surface area contributed by atoms with Crippen LogP contribution in [0.15, 0.2) is 12.1 Å². The Balaban J connectivity index is 2.23. The van der Waals surface area contributed by atoms with Gasteiger partial charge in [-0.05, 0) is 25.5 Å². The number of aromatic nitrogens is 1. The van der Waals surface area contributed by atoms with Gasteiger partial charge in [0.15, 0.2) is 0 Å². The molecule has 1 aliphatic rings. The molecule has 0 aromatic carbocycles. The molecule has 3 heteroatoms. The number of rotatable bonds is 2. The average Bonchev–Trinajstić information content (AvgIpc) is 2.42. The summed E-state index contributed by atoms with van der Waals surface area (Å²) in [4.78, 5) is 4.50. The van der Waals surface area contributed by atoms with Crippen LogP contribution in [-0.4, -0.2) is 24.7 Å².